The molecule has 0 spiro atoms. The molecular weight excluding hydrogens is 252 g/mol. The lowest BCUT2D eigenvalue weighted by molar-refractivity contribution is 0.100. The summed E-state index contributed by atoms with van der Waals surface area (Å²) < 4.78 is 0. The van der Waals surface area contributed by atoms with Gasteiger partial charge in [0.1, 0.15) is 5.82 Å². The molecule has 20 heavy (non-hydrogen) atoms. The number of nitrogens with one attached hydrogen (secondary N) is 1. The van der Waals surface area contributed by atoms with E-state index in [0.29, 0.717) is 11.6 Å². The van der Waals surface area contributed by atoms with E-state index >= 15 is 0 Å². The summed E-state index contributed by atoms with van der Waals surface area (Å²) in [7, 11) is 2.19. The number of primary amides is 1. The molecule has 106 valence electrons. The van der Waals surface area contributed by atoms with Gasteiger partial charge in [-0.3, -0.25) is 4.79 Å². The predicted molar refractivity (Wildman–Crippen MR) is 78.6 cm³/mol. The molecule has 1 aliphatic heterocycles. The number of hydrogen-bond donors (Lipinski definition) is 2. The number of amides is 1. The molecule has 1 aromatic heterocycles. The number of carbonyl (C=O) groups excluding carboxylic acids is 1. The first-order valence-corrected chi connectivity index (χ1v) is 7.12. The van der Waals surface area contributed by atoms with Crippen LogP contribution in [0.2, 0.25) is 0 Å². The first-order chi connectivity index (χ1) is 9.63. The highest BCUT2D eigenvalue weighted by Gasteiger charge is 2.20. The van der Waals surface area contributed by atoms with Crippen molar-refractivity contribution >= 4 is 16.9 Å². The zero-order chi connectivity index (χ0) is 14.1. The van der Waals surface area contributed by atoms with Gasteiger partial charge < -0.3 is 15.6 Å². The number of nitrogens with zero attached hydrogens (tertiary/aromatic N) is 2. The molecule has 3 N–H and O–H groups in total. The van der Waals surface area contributed by atoms with Gasteiger partial charge in [0.05, 0.1) is 11.0 Å². The molecule has 0 bridgehead atoms. The maximum atomic E-state index is 11.2. The third-order valence-corrected chi connectivity index (χ3v) is 4.20. The number of imidazole rings is 1. The minimum Gasteiger partial charge on any atom is -0.366 e. The summed E-state index contributed by atoms with van der Waals surface area (Å²) in [5.74, 6) is 0.581. The van der Waals surface area contributed by atoms with Gasteiger partial charge in [-0.05, 0) is 51.1 Å². The molecule has 1 atom stereocenters. The average molecular weight is 272 g/mol. The average Bonchev–Trinajstić information content (AvgIpc) is 3.00. The summed E-state index contributed by atoms with van der Waals surface area (Å²) in [4.78, 5) is 21.5. The van der Waals surface area contributed by atoms with E-state index in [2.05, 4.69) is 21.9 Å². The molecule has 1 amide bonds. The van der Waals surface area contributed by atoms with Crippen LogP contribution in [0.25, 0.3) is 11.0 Å². The SMILES string of the molecule is CN1CCCC1CCc1nc2ccc(C(N)=O)cc2[nH]1. The maximum Gasteiger partial charge on any atom is 0.248 e. The Morgan fingerprint density at radius 3 is 3.10 bits per heavy atom. The molecule has 1 aromatic carbocycles. The smallest absolute Gasteiger partial charge is 0.248 e. The van der Waals surface area contributed by atoms with Crippen LogP contribution in [0.3, 0.4) is 0 Å². The van der Waals surface area contributed by atoms with Crippen molar-refractivity contribution in [2.75, 3.05) is 13.6 Å². The van der Waals surface area contributed by atoms with Crippen LogP contribution in [-0.4, -0.2) is 40.4 Å². The first kappa shape index (κ1) is 13.1. The van der Waals surface area contributed by atoms with Crippen molar-refractivity contribution in [3.63, 3.8) is 0 Å². The zero-order valence-corrected chi connectivity index (χ0v) is 11.7. The molecule has 2 heterocycles. The van der Waals surface area contributed by atoms with E-state index in [1.807, 2.05) is 6.07 Å². The van der Waals surface area contributed by atoms with Crippen molar-refractivity contribution in [2.24, 2.45) is 5.73 Å². The quantitative estimate of drug-likeness (QED) is 0.889. The standard InChI is InChI=1S/C15H20N4O/c1-19-8-2-3-11(19)5-7-14-17-12-6-4-10(15(16)20)9-13(12)18-14/h4,6,9,11H,2-3,5,7-8H2,1H3,(H2,16,20)(H,17,18). The fraction of sp³-hybridized carbons (Fsp3) is 0.467. The zero-order valence-electron chi connectivity index (χ0n) is 11.7. The maximum absolute atomic E-state index is 11.2. The second kappa shape index (κ2) is 5.25. The molecule has 1 fully saturated rings. The second-order valence-electron chi connectivity index (χ2n) is 5.60. The van der Waals surface area contributed by atoms with Crippen LogP contribution in [0, 0.1) is 0 Å². The van der Waals surface area contributed by atoms with Gasteiger partial charge in [-0.25, -0.2) is 4.98 Å². The number of aromatic amines is 1. The molecule has 3 rings (SSSR count). The van der Waals surface area contributed by atoms with Gasteiger partial charge in [0.15, 0.2) is 0 Å². The van der Waals surface area contributed by atoms with E-state index in [9.17, 15) is 4.79 Å². The van der Waals surface area contributed by atoms with Gasteiger partial charge in [-0.2, -0.15) is 0 Å². The summed E-state index contributed by atoms with van der Waals surface area (Å²) in [6.45, 7) is 1.20. The lowest BCUT2D eigenvalue weighted by Crippen LogP contribution is -2.25. The van der Waals surface area contributed by atoms with Crippen molar-refractivity contribution in [3.05, 3.63) is 29.6 Å². The highest BCUT2D eigenvalue weighted by Crippen LogP contribution is 2.20. The van der Waals surface area contributed by atoms with E-state index in [4.69, 9.17) is 5.73 Å². The number of likely N-dealkylation sites (tertiary alicyclic amines) is 1. The normalized spacial score (nSPS) is 19.8. The highest BCUT2D eigenvalue weighted by atomic mass is 16.1. The number of aromatic nitrogens is 2. The Kier molecular flexibility index (Phi) is 3.44. The number of nitrogens with two attached hydrogens (primary N) is 1. The van der Waals surface area contributed by atoms with Crippen LogP contribution in [0.15, 0.2) is 18.2 Å². The van der Waals surface area contributed by atoms with Gasteiger partial charge in [0, 0.05) is 18.0 Å². The Morgan fingerprint density at radius 1 is 1.55 bits per heavy atom. The number of rotatable bonds is 4. The number of aryl methyl sites for hydroxylation is 1. The third kappa shape index (κ3) is 2.54. The topological polar surface area (TPSA) is 75.0 Å². The third-order valence-electron chi connectivity index (χ3n) is 4.20. The Balaban J connectivity index is 1.74. The van der Waals surface area contributed by atoms with Crippen molar-refractivity contribution in [1.29, 1.82) is 0 Å². The molecule has 1 unspecified atom stereocenters. The minimum atomic E-state index is -0.407. The lowest BCUT2D eigenvalue weighted by Gasteiger charge is -2.18. The number of hydrogen-bond acceptors (Lipinski definition) is 3. The molecule has 0 aliphatic carbocycles. The fourth-order valence-electron chi connectivity index (χ4n) is 2.98. The molecule has 0 radical (unpaired) electrons. The van der Waals surface area contributed by atoms with Crippen molar-refractivity contribution in [1.82, 2.24) is 14.9 Å². The molecule has 0 saturated carbocycles. The predicted octanol–water partition coefficient (Wildman–Crippen LogP) is 1.69. The Bertz CT molecular complexity index is 634. The van der Waals surface area contributed by atoms with Crippen LogP contribution in [-0.2, 0) is 6.42 Å². The highest BCUT2D eigenvalue weighted by molar-refractivity contribution is 5.96. The Morgan fingerprint density at radius 2 is 2.40 bits per heavy atom. The van der Waals surface area contributed by atoms with Crippen LogP contribution in [0.5, 0.6) is 0 Å². The molecule has 1 aliphatic rings. The lowest BCUT2D eigenvalue weighted by atomic mass is 10.1. The molecule has 1 saturated heterocycles. The summed E-state index contributed by atoms with van der Waals surface area (Å²) in [6, 6.07) is 6.01. The van der Waals surface area contributed by atoms with Gasteiger partial charge in [-0.1, -0.05) is 0 Å². The van der Waals surface area contributed by atoms with Gasteiger partial charge in [-0.15, -0.1) is 0 Å². The number of H-pyrrole nitrogens is 1. The number of fused-ring (bicyclic) bond motifs is 1. The van der Waals surface area contributed by atoms with Crippen molar-refractivity contribution in [3.8, 4) is 0 Å². The summed E-state index contributed by atoms with van der Waals surface area (Å²) in [5.41, 5.74) is 7.58. The monoisotopic (exact) mass is 272 g/mol. The van der Waals surface area contributed by atoms with E-state index in [1.54, 1.807) is 12.1 Å². The fourth-order valence-corrected chi connectivity index (χ4v) is 2.98. The first-order valence-electron chi connectivity index (χ1n) is 7.12. The summed E-state index contributed by atoms with van der Waals surface area (Å²) in [6.07, 6.45) is 4.64. The largest absolute Gasteiger partial charge is 0.366 e. The molecular formula is C15H20N4O. The van der Waals surface area contributed by atoms with E-state index < -0.39 is 5.91 Å². The summed E-state index contributed by atoms with van der Waals surface area (Å²) in [5, 5.41) is 0. The molecule has 5 nitrogen and oxygen atoms in total. The second-order valence-corrected chi connectivity index (χ2v) is 5.60. The van der Waals surface area contributed by atoms with E-state index in [0.717, 1.165) is 29.7 Å². The Labute approximate surface area is 118 Å². The van der Waals surface area contributed by atoms with E-state index in [-0.39, 0.29) is 0 Å². The van der Waals surface area contributed by atoms with E-state index in [1.165, 1.54) is 19.4 Å². The van der Waals surface area contributed by atoms with Crippen LogP contribution < -0.4 is 5.73 Å². The summed E-state index contributed by atoms with van der Waals surface area (Å²) >= 11 is 0. The Hall–Kier alpha value is -1.88. The van der Waals surface area contributed by atoms with Gasteiger partial charge in [0.25, 0.3) is 0 Å². The van der Waals surface area contributed by atoms with Crippen molar-refractivity contribution in [2.45, 2.75) is 31.7 Å². The number of benzene rings is 1. The van der Waals surface area contributed by atoms with Crippen LogP contribution >= 0.6 is 0 Å². The van der Waals surface area contributed by atoms with Crippen molar-refractivity contribution < 1.29 is 4.79 Å². The van der Waals surface area contributed by atoms with Crippen LogP contribution in [0.4, 0.5) is 0 Å². The van der Waals surface area contributed by atoms with Crippen LogP contribution in [0.1, 0.15) is 35.4 Å². The minimum absolute atomic E-state index is 0.407. The van der Waals surface area contributed by atoms with Gasteiger partial charge >= 0.3 is 0 Å². The number of carbonyl (C=O) groups is 1. The molecule has 2 aromatic rings. The molecule has 5 heteroatoms. The van der Waals surface area contributed by atoms with Gasteiger partial charge in [0.2, 0.25) is 5.91 Å².